The third kappa shape index (κ3) is 5.50. The zero-order valence-corrected chi connectivity index (χ0v) is 14.1. The maximum atomic E-state index is 12.0. The highest BCUT2D eigenvalue weighted by Gasteiger charge is 2.08. The molecule has 1 amide bonds. The van der Waals surface area contributed by atoms with Crippen molar-refractivity contribution in [3.8, 4) is 17.2 Å². The maximum Gasteiger partial charge on any atom is 0.262 e. The Labute approximate surface area is 142 Å². The van der Waals surface area contributed by atoms with Gasteiger partial charge in [-0.2, -0.15) is 0 Å². The van der Waals surface area contributed by atoms with Gasteiger partial charge in [-0.1, -0.05) is 19.1 Å². The predicted octanol–water partition coefficient (Wildman–Crippen LogP) is 3.89. The van der Waals surface area contributed by atoms with Gasteiger partial charge in [-0.3, -0.25) is 4.79 Å². The fourth-order valence-corrected chi connectivity index (χ4v) is 2.04. The molecule has 5 heteroatoms. The molecule has 2 aromatic carbocycles. The molecule has 2 rings (SSSR count). The Morgan fingerprint density at radius 2 is 1.58 bits per heavy atom. The molecule has 0 saturated heterocycles. The second-order valence-electron chi connectivity index (χ2n) is 5.09. The number of hydrogen-bond donors (Lipinski definition) is 1. The zero-order valence-electron chi connectivity index (χ0n) is 14.1. The summed E-state index contributed by atoms with van der Waals surface area (Å²) in [5.74, 6) is 1.75. The normalized spacial score (nSPS) is 10.1. The number of benzene rings is 2. The second kappa shape index (κ2) is 9.45. The lowest BCUT2D eigenvalue weighted by molar-refractivity contribution is -0.118. The Hall–Kier alpha value is -2.69. The third-order valence-corrected chi connectivity index (χ3v) is 3.12. The Balaban J connectivity index is 1.87. The maximum absolute atomic E-state index is 12.0. The summed E-state index contributed by atoms with van der Waals surface area (Å²) in [5, 5.41) is 2.78. The van der Waals surface area contributed by atoms with Crippen LogP contribution in [0.3, 0.4) is 0 Å². The molecular weight excluding hydrogens is 306 g/mol. The van der Waals surface area contributed by atoms with Crippen LogP contribution in [-0.2, 0) is 4.79 Å². The summed E-state index contributed by atoms with van der Waals surface area (Å²) in [6.45, 7) is 5.10. The Morgan fingerprint density at radius 1 is 0.917 bits per heavy atom. The van der Waals surface area contributed by atoms with Crippen LogP contribution in [0.2, 0.25) is 0 Å². The molecule has 0 fully saturated rings. The van der Waals surface area contributed by atoms with Crippen LogP contribution in [0.25, 0.3) is 0 Å². The first kappa shape index (κ1) is 17.7. The molecule has 2 aromatic rings. The first-order chi connectivity index (χ1) is 11.7. The molecule has 0 aliphatic heterocycles. The second-order valence-corrected chi connectivity index (χ2v) is 5.09. The van der Waals surface area contributed by atoms with E-state index in [1.165, 1.54) is 0 Å². The van der Waals surface area contributed by atoms with E-state index in [1.807, 2.05) is 44.2 Å². The molecule has 0 heterocycles. The molecule has 0 spiro atoms. The topological polar surface area (TPSA) is 56.8 Å². The molecule has 0 atom stereocenters. The van der Waals surface area contributed by atoms with Crippen LogP contribution in [0.1, 0.15) is 20.3 Å². The quantitative estimate of drug-likeness (QED) is 0.758. The molecule has 0 radical (unpaired) electrons. The molecule has 0 aliphatic rings. The Bertz CT molecular complexity index is 640. The lowest BCUT2D eigenvalue weighted by Gasteiger charge is -2.12. The number of carbonyl (C=O) groups is 1. The van der Waals surface area contributed by atoms with Crippen molar-refractivity contribution >= 4 is 11.6 Å². The zero-order chi connectivity index (χ0) is 17.2. The van der Waals surface area contributed by atoms with Crippen molar-refractivity contribution in [3.05, 3.63) is 48.5 Å². The number of hydrogen-bond acceptors (Lipinski definition) is 4. The van der Waals surface area contributed by atoms with Crippen LogP contribution in [0.15, 0.2) is 48.5 Å². The molecule has 5 nitrogen and oxygen atoms in total. The number of para-hydroxylation sites is 2. The van der Waals surface area contributed by atoms with Gasteiger partial charge >= 0.3 is 0 Å². The van der Waals surface area contributed by atoms with E-state index in [9.17, 15) is 4.79 Å². The van der Waals surface area contributed by atoms with Gasteiger partial charge in [0.15, 0.2) is 18.1 Å². The van der Waals surface area contributed by atoms with Gasteiger partial charge in [-0.15, -0.1) is 0 Å². The summed E-state index contributed by atoms with van der Waals surface area (Å²) < 4.78 is 16.5. The number of carbonyl (C=O) groups excluding carboxylic acids is 1. The standard InChI is InChI=1S/C19H23NO4/c1-3-13-23-17-7-5-6-8-18(17)24-14-19(21)20-15-9-11-16(12-10-15)22-4-2/h5-12H,3-4,13-14H2,1-2H3,(H,20,21). The van der Waals surface area contributed by atoms with E-state index in [0.29, 0.717) is 30.4 Å². The van der Waals surface area contributed by atoms with Crippen molar-refractivity contribution in [2.45, 2.75) is 20.3 Å². The Kier molecular flexibility index (Phi) is 6.95. The van der Waals surface area contributed by atoms with Crippen LogP contribution in [0.4, 0.5) is 5.69 Å². The molecule has 0 aromatic heterocycles. The van der Waals surface area contributed by atoms with Gasteiger partial charge in [0.1, 0.15) is 5.75 Å². The van der Waals surface area contributed by atoms with Crippen molar-refractivity contribution in [2.75, 3.05) is 25.1 Å². The molecular formula is C19H23NO4. The number of amides is 1. The van der Waals surface area contributed by atoms with Gasteiger partial charge < -0.3 is 19.5 Å². The number of anilines is 1. The molecule has 0 aliphatic carbocycles. The van der Waals surface area contributed by atoms with Crippen LogP contribution >= 0.6 is 0 Å². The van der Waals surface area contributed by atoms with Gasteiger partial charge in [0, 0.05) is 5.69 Å². The molecule has 0 saturated carbocycles. The number of nitrogens with one attached hydrogen (secondary N) is 1. The van der Waals surface area contributed by atoms with E-state index in [2.05, 4.69) is 5.32 Å². The van der Waals surface area contributed by atoms with Gasteiger partial charge in [0.05, 0.1) is 13.2 Å². The minimum atomic E-state index is -0.232. The first-order valence-corrected chi connectivity index (χ1v) is 8.10. The largest absolute Gasteiger partial charge is 0.494 e. The first-order valence-electron chi connectivity index (χ1n) is 8.10. The minimum absolute atomic E-state index is 0.0836. The van der Waals surface area contributed by atoms with Crippen LogP contribution in [0.5, 0.6) is 17.2 Å². The summed E-state index contributed by atoms with van der Waals surface area (Å²) >= 11 is 0. The van der Waals surface area contributed by atoms with E-state index < -0.39 is 0 Å². The van der Waals surface area contributed by atoms with Crippen molar-refractivity contribution in [1.29, 1.82) is 0 Å². The average Bonchev–Trinajstić information content (AvgIpc) is 2.61. The van der Waals surface area contributed by atoms with Crippen molar-refractivity contribution in [2.24, 2.45) is 0 Å². The van der Waals surface area contributed by atoms with Gasteiger partial charge in [-0.05, 0) is 49.7 Å². The Morgan fingerprint density at radius 3 is 2.21 bits per heavy atom. The average molecular weight is 329 g/mol. The van der Waals surface area contributed by atoms with E-state index in [4.69, 9.17) is 14.2 Å². The fraction of sp³-hybridized carbons (Fsp3) is 0.316. The fourth-order valence-electron chi connectivity index (χ4n) is 2.04. The summed E-state index contributed by atoms with van der Waals surface area (Å²) in [4.78, 5) is 12.0. The van der Waals surface area contributed by atoms with Gasteiger partial charge in [-0.25, -0.2) is 0 Å². The number of ether oxygens (including phenoxy) is 3. The summed E-state index contributed by atoms with van der Waals surface area (Å²) in [6, 6.07) is 14.5. The van der Waals surface area contributed by atoms with Crippen molar-refractivity contribution in [1.82, 2.24) is 0 Å². The van der Waals surface area contributed by atoms with Crippen LogP contribution in [0, 0.1) is 0 Å². The summed E-state index contributed by atoms with van der Waals surface area (Å²) in [5.41, 5.74) is 0.697. The summed E-state index contributed by atoms with van der Waals surface area (Å²) in [6.07, 6.45) is 0.909. The van der Waals surface area contributed by atoms with Gasteiger partial charge in [0.2, 0.25) is 0 Å². The van der Waals surface area contributed by atoms with E-state index >= 15 is 0 Å². The van der Waals surface area contributed by atoms with E-state index in [0.717, 1.165) is 12.2 Å². The van der Waals surface area contributed by atoms with Crippen molar-refractivity contribution in [3.63, 3.8) is 0 Å². The monoisotopic (exact) mass is 329 g/mol. The highest BCUT2D eigenvalue weighted by Crippen LogP contribution is 2.26. The lowest BCUT2D eigenvalue weighted by Crippen LogP contribution is -2.20. The minimum Gasteiger partial charge on any atom is -0.494 e. The third-order valence-electron chi connectivity index (χ3n) is 3.12. The molecule has 0 unspecified atom stereocenters. The number of rotatable bonds is 9. The van der Waals surface area contributed by atoms with E-state index in [1.54, 1.807) is 18.2 Å². The van der Waals surface area contributed by atoms with Crippen LogP contribution < -0.4 is 19.5 Å². The molecule has 128 valence electrons. The molecule has 0 bridgehead atoms. The van der Waals surface area contributed by atoms with Gasteiger partial charge in [0.25, 0.3) is 5.91 Å². The molecule has 1 N–H and O–H groups in total. The smallest absolute Gasteiger partial charge is 0.262 e. The predicted molar refractivity (Wildman–Crippen MR) is 94.0 cm³/mol. The summed E-state index contributed by atoms with van der Waals surface area (Å²) in [7, 11) is 0. The van der Waals surface area contributed by atoms with Crippen molar-refractivity contribution < 1.29 is 19.0 Å². The van der Waals surface area contributed by atoms with Crippen LogP contribution in [-0.4, -0.2) is 25.7 Å². The SMILES string of the molecule is CCCOc1ccccc1OCC(=O)Nc1ccc(OCC)cc1. The highest BCUT2D eigenvalue weighted by atomic mass is 16.5. The molecule has 24 heavy (non-hydrogen) atoms. The lowest BCUT2D eigenvalue weighted by atomic mass is 10.3. The van der Waals surface area contributed by atoms with E-state index in [-0.39, 0.29) is 12.5 Å². The highest BCUT2D eigenvalue weighted by molar-refractivity contribution is 5.91.